The highest BCUT2D eigenvalue weighted by Gasteiger charge is 2.14. The molecule has 0 aliphatic carbocycles. The summed E-state index contributed by atoms with van der Waals surface area (Å²) in [7, 11) is 0. The van der Waals surface area contributed by atoms with E-state index in [0.717, 1.165) is 11.3 Å². The number of fused-ring (bicyclic) bond motifs is 1. The molecule has 0 radical (unpaired) electrons. The van der Waals surface area contributed by atoms with Crippen molar-refractivity contribution in [2.24, 2.45) is 0 Å². The zero-order valence-electron chi connectivity index (χ0n) is 15.3. The van der Waals surface area contributed by atoms with Crippen LogP contribution in [0, 0.1) is 11.3 Å². The average molecular weight is 363 g/mol. The Bertz CT molecular complexity index is 896. The molecule has 0 unspecified atom stereocenters. The second-order valence-electron chi connectivity index (χ2n) is 6.46. The molecular weight excluding hydrogens is 342 g/mol. The van der Waals surface area contributed by atoms with Gasteiger partial charge in [-0.3, -0.25) is 4.79 Å². The monoisotopic (exact) mass is 363 g/mol. The molecule has 0 fully saturated rings. The fourth-order valence-electron chi connectivity index (χ4n) is 2.60. The number of nitrogens with zero attached hydrogens (tertiary/aromatic N) is 1. The lowest BCUT2D eigenvalue weighted by Crippen LogP contribution is -2.24. The summed E-state index contributed by atoms with van der Waals surface area (Å²) in [6.07, 6.45) is 1.42. The lowest BCUT2D eigenvalue weighted by molar-refractivity contribution is -0.117. The van der Waals surface area contributed by atoms with Gasteiger partial charge < -0.3 is 20.1 Å². The molecule has 2 aromatic rings. The van der Waals surface area contributed by atoms with Crippen LogP contribution in [-0.2, 0) is 11.3 Å². The molecule has 6 nitrogen and oxygen atoms in total. The topological polar surface area (TPSA) is 83.4 Å². The Morgan fingerprint density at radius 3 is 2.63 bits per heavy atom. The third-order valence-electron chi connectivity index (χ3n) is 4.22. The van der Waals surface area contributed by atoms with Gasteiger partial charge in [-0.2, -0.15) is 5.26 Å². The molecule has 138 valence electrons. The Morgan fingerprint density at radius 2 is 1.93 bits per heavy atom. The van der Waals surface area contributed by atoms with Crippen LogP contribution in [0.4, 0.5) is 5.69 Å². The predicted molar refractivity (Wildman–Crippen MR) is 102 cm³/mol. The van der Waals surface area contributed by atoms with Crippen molar-refractivity contribution < 1.29 is 14.3 Å². The van der Waals surface area contributed by atoms with Gasteiger partial charge >= 0.3 is 0 Å². The van der Waals surface area contributed by atoms with Gasteiger partial charge in [0, 0.05) is 18.4 Å². The molecule has 0 atom stereocenters. The molecule has 3 rings (SSSR count). The Hall–Kier alpha value is -3.46. The highest BCUT2D eigenvalue weighted by Crippen LogP contribution is 2.32. The molecule has 2 aromatic carbocycles. The SMILES string of the molecule is CC(C)c1ccc(N/C=C(/C#N)C(=O)NCc2ccc3c(c2)OCO3)cc1. The lowest BCUT2D eigenvalue weighted by atomic mass is 10.0. The molecule has 1 amide bonds. The molecule has 1 aliphatic heterocycles. The van der Waals surface area contributed by atoms with Crippen molar-refractivity contribution in [1.82, 2.24) is 5.32 Å². The third-order valence-corrected chi connectivity index (χ3v) is 4.22. The fraction of sp³-hybridized carbons (Fsp3) is 0.238. The quantitative estimate of drug-likeness (QED) is 0.604. The van der Waals surface area contributed by atoms with E-state index in [1.54, 1.807) is 6.07 Å². The summed E-state index contributed by atoms with van der Waals surface area (Å²) in [4.78, 5) is 12.2. The van der Waals surface area contributed by atoms with Gasteiger partial charge in [-0.05, 0) is 41.3 Å². The molecule has 2 N–H and O–H groups in total. The number of nitrogens with one attached hydrogen (secondary N) is 2. The van der Waals surface area contributed by atoms with Crippen LogP contribution < -0.4 is 20.1 Å². The van der Waals surface area contributed by atoms with Crippen molar-refractivity contribution in [2.75, 3.05) is 12.1 Å². The van der Waals surface area contributed by atoms with E-state index in [-0.39, 0.29) is 18.9 Å². The maximum absolute atomic E-state index is 12.2. The van der Waals surface area contributed by atoms with E-state index in [9.17, 15) is 10.1 Å². The Balaban J connectivity index is 1.58. The van der Waals surface area contributed by atoms with E-state index in [4.69, 9.17) is 9.47 Å². The van der Waals surface area contributed by atoms with Gasteiger partial charge in [0.05, 0.1) is 0 Å². The summed E-state index contributed by atoms with van der Waals surface area (Å²) in [6.45, 7) is 4.75. The Morgan fingerprint density at radius 1 is 1.19 bits per heavy atom. The van der Waals surface area contributed by atoms with E-state index < -0.39 is 5.91 Å². The van der Waals surface area contributed by atoms with Crippen LogP contribution in [0.3, 0.4) is 0 Å². The summed E-state index contributed by atoms with van der Waals surface area (Å²) < 4.78 is 10.6. The van der Waals surface area contributed by atoms with Crippen molar-refractivity contribution >= 4 is 11.6 Å². The van der Waals surface area contributed by atoms with Crippen molar-refractivity contribution in [1.29, 1.82) is 5.26 Å². The zero-order chi connectivity index (χ0) is 19.2. The van der Waals surface area contributed by atoms with E-state index in [0.29, 0.717) is 17.4 Å². The van der Waals surface area contributed by atoms with Gasteiger partial charge in [0.2, 0.25) is 6.79 Å². The van der Waals surface area contributed by atoms with Gasteiger partial charge in [-0.1, -0.05) is 32.0 Å². The van der Waals surface area contributed by atoms with Crippen LogP contribution in [-0.4, -0.2) is 12.7 Å². The van der Waals surface area contributed by atoms with Gasteiger partial charge in [-0.25, -0.2) is 0 Å². The number of benzene rings is 2. The fourth-order valence-corrected chi connectivity index (χ4v) is 2.60. The summed E-state index contributed by atoms with van der Waals surface area (Å²) in [5.74, 6) is 1.35. The molecule has 6 heteroatoms. The van der Waals surface area contributed by atoms with Crippen molar-refractivity contribution in [2.45, 2.75) is 26.3 Å². The summed E-state index contributed by atoms with van der Waals surface area (Å²) in [5, 5.41) is 15.0. The highest BCUT2D eigenvalue weighted by molar-refractivity contribution is 5.97. The minimum absolute atomic E-state index is 0.00341. The van der Waals surface area contributed by atoms with Crippen LogP contribution in [0.5, 0.6) is 11.5 Å². The van der Waals surface area contributed by atoms with Gasteiger partial charge in [0.1, 0.15) is 11.6 Å². The van der Waals surface area contributed by atoms with Gasteiger partial charge in [0.25, 0.3) is 5.91 Å². The number of carbonyl (C=O) groups is 1. The first-order valence-corrected chi connectivity index (χ1v) is 8.70. The van der Waals surface area contributed by atoms with Crippen LogP contribution in [0.15, 0.2) is 54.2 Å². The number of nitriles is 1. The minimum atomic E-state index is -0.443. The van der Waals surface area contributed by atoms with Gasteiger partial charge in [-0.15, -0.1) is 0 Å². The molecule has 1 heterocycles. The van der Waals surface area contributed by atoms with Crippen LogP contribution in [0.25, 0.3) is 0 Å². The van der Waals surface area contributed by atoms with E-state index >= 15 is 0 Å². The number of hydrogen-bond acceptors (Lipinski definition) is 5. The van der Waals surface area contributed by atoms with E-state index in [1.165, 1.54) is 11.8 Å². The van der Waals surface area contributed by atoms with Crippen molar-refractivity contribution in [3.05, 3.63) is 65.4 Å². The van der Waals surface area contributed by atoms with Crippen LogP contribution >= 0.6 is 0 Å². The van der Waals surface area contributed by atoms with Crippen molar-refractivity contribution in [3.63, 3.8) is 0 Å². The van der Waals surface area contributed by atoms with Crippen LogP contribution in [0.1, 0.15) is 30.9 Å². The molecule has 0 saturated carbocycles. The van der Waals surface area contributed by atoms with Crippen molar-refractivity contribution in [3.8, 4) is 17.6 Å². The normalized spacial score (nSPS) is 12.6. The predicted octanol–water partition coefficient (Wildman–Crippen LogP) is 3.67. The van der Waals surface area contributed by atoms with Crippen LogP contribution in [0.2, 0.25) is 0 Å². The molecule has 0 aromatic heterocycles. The number of anilines is 1. The standard InChI is InChI=1S/C21H21N3O3/c1-14(2)16-4-6-18(7-5-16)23-12-17(10-22)21(25)24-11-15-3-8-19-20(9-15)27-13-26-19/h3-9,12,14,23H,11,13H2,1-2H3,(H,24,25)/b17-12-. The average Bonchev–Trinajstić information content (AvgIpc) is 3.15. The van der Waals surface area contributed by atoms with Gasteiger partial charge in [0.15, 0.2) is 11.5 Å². The first-order chi connectivity index (χ1) is 13.1. The molecule has 1 aliphatic rings. The maximum Gasteiger partial charge on any atom is 0.263 e. The summed E-state index contributed by atoms with van der Waals surface area (Å²) in [5.41, 5.74) is 2.91. The smallest absolute Gasteiger partial charge is 0.263 e. The number of amides is 1. The largest absolute Gasteiger partial charge is 0.454 e. The number of ether oxygens (including phenoxy) is 2. The Labute approximate surface area is 158 Å². The summed E-state index contributed by atoms with van der Waals surface area (Å²) >= 11 is 0. The number of carbonyl (C=O) groups excluding carboxylic acids is 1. The second kappa shape index (κ2) is 8.28. The number of rotatable bonds is 6. The van der Waals surface area contributed by atoms with E-state index in [2.05, 4.69) is 24.5 Å². The molecule has 27 heavy (non-hydrogen) atoms. The maximum atomic E-state index is 12.2. The minimum Gasteiger partial charge on any atom is -0.454 e. The molecular formula is C21H21N3O3. The van der Waals surface area contributed by atoms with E-state index in [1.807, 2.05) is 42.5 Å². The zero-order valence-corrected chi connectivity index (χ0v) is 15.3. The second-order valence-corrected chi connectivity index (χ2v) is 6.46. The third kappa shape index (κ3) is 4.59. The first-order valence-electron chi connectivity index (χ1n) is 8.70. The first kappa shape index (κ1) is 18.3. The lowest BCUT2D eigenvalue weighted by Gasteiger charge is -2.08. The highest BCUT2D eigenvalue weighted by atomic mass is 16.7. The molecule has 0 saturated heterocycles. The summed E-state index contributed by atoms with van der Waals surface area (Å²) in [6, 6.07) is 15.3. The Kier molecular flexibility index (Phi) is 5.62. The molecule has 0 spiro atoms. The number of hydrogen-bond donors (Lipinski definition) is 2. The molecule has 0 bridgehead atoms.